The Morgan fingerprint density at radius 3 is 2.38 bits per heavy atom. The molecule has 29 heavy (non-hydrogen) atoms. The van der Waals surface area contributed by atoms with Crippen LogP contribution in [0.15, 0.2) is 10.6 Å². The molecule has 0 bridgehead atoms. The highest BCUT2D eigenvalue weighted by molar-refractivity contribution is 9.09. The average molecular weight is 586 g/mol. The second-order valence-corrected chi connectivity index (χ2v) is 18.7. The van der Waals surface area contributed by atoms with E-state index < -0.39 is 24.7 Å². The van der Waals surface area contributed by atoms with Crippen molar-refractivity contribution in [3.63, 3.8) is 0 Å². The van der Waals surface area contributed by atoms with Crippen LogP contribution in [0.5, 0.6) is 0 Å². The third-order valence-corrected chi connectivity index (χ3v) is 14.0. The lowest BCUT2D eigenvalue weighted by atomic mass is 9.92. The van der Waals surface area contributed by atoms with Crippen molar-refractivity contribution in [1.82, 2.24) is 4.90 Å². The predicted molar refractivity (Wildman–Crippen MR) is 129 cm³/mol. The number of hydrogen-bond donors (Lipinski definition) is 0. The molecule has 2 aliphatic rings. The molecular formula is C17H25BrCl3NO4S2Si. The molecule has 1 fully saturated rings. The van der Waals surface area contributed by atoms with Gasteiger partial charge in [-0.1, -0.05) is 93.1 Å². The Morgan fingerprint density at radius 1 is 1.31 bits per heavy atom. The first-order valence-corrected chi connectivity index (χ1v) is 16.4. The molecule has 2 rings (SSSR count). The number of carbonyl (C=O) groups excluding carboxylic acids is 2. The van der Waals surface area contributed by atoms with E-state index in [4.69, 9.17) is 44.0 Å². The van der Waals surface area contributed by atoms with Crippen LogP contribution in [-0.4, -0.2) is 52.3 Å². The molecule has 0 N–H and O–H groups in total. The largest absolute Gasteiger partial charge is 0.456 e. The maximum Gasteiger partial charge on any atom is 0.356 e. The van der Waals surface area contributed by atoms with Crippen LogP contribution in [0, 0.1) is 5.92 Å². The Balaban J connectivity index is 2.19. The molecule has 0 aromatic carbocycles. The minimum atomic E-state index is -2.03. The molecule has 1 saturated heterocycles. The van der Waals surface area contributed by atoms with Crippen molar-refractivity contribution in [3.8, 4) is 0 Å². The van der Waals surface area contributed by atoms with E-state index in [1.54, 1.807) is 10.8 Å². The van der Waals surface area contributed by atoms with Crippen LogP contribution in [0.25, 0.3) is 0 Å². The van der Waals surface area contributed by atoms with E-state index in [0.29, 0.717) is 10.2 Å². The van der Waals surface area contributed by atoms with Crippen LogP contribution in [0.1, 0.15) is 27.7 Å². The summed E-state index contributed by atoms with van der Waals surface area (Å²) >= 11 is 20.4. The fraction of sp³-hybridized carbons (Fsp3) is 0.765. The first-order valence-electron chi connectivity index (χ1n) is 8.98. The van der Waals surface area contributed by atoms with Crippen LogP contribution in [0.4, 0.5) is 0 Å². The molecule has 5 nitrogen and oxygen atoms in total. The standard InChI is InChI=1S/C17H25BrCl3NO4S2Si/c1-9(26-29(5,6)16(2,3)4)11-13(23)22-12(10(7-18)27-28-14(11)22)15(24)25-8-17(19,20)21/h9,11,14H,7-8H2,1-6H3/t9-,11+,14-/m1/s1. The zero-order valence-electron chi connectivity index (χ0n) is 17.1. The van der Waals surface area contributed by atoms with Gasteiger partial charge in [0.2, 0.25) is 9.70 Å². The van der Waals surface area contributed by atoms with Crippen molar-refractivity contribution in [2.75, 3.05) is 11.9 Å². The maximum atomic E-state index is 13.1. The molecule has 166 valence electrons. The number of halogens is 4. The average Bonchev–Trinajstić information content (AvgIpc) is 2.56. The number of esters is 1. The van der Waals surface area contributed by atoms with Gasteiger partial charge >= 0.3 is 5.97 Å². The number of nitrogens with zero attached hydrogens (tertiary/aromatic N) is 1. The second kappa shape index (κ2) is 9.41. The van der Waals surface area contributed by atoms with Gasteiger partial charge in [-0.05, 0) is 25.1 Å². The predicted octanol–water partition coefficient (Wildman–Crippen LogP) is 6.10. The third kappa shape index (κ3) is 5.83. The topological polar surface area (TPSA) is 55.8 Å². The van der Waals surface area contributed by atoms with Crippen molar-refractivity contribution < 1.29 is 18.8 Å². The van der Waals surface area contributed by atoms with Gasteiger partial charge in [0.05, 0.1) is 12.0 Å². The van der Waals surface area contributed by atoms with Gasteiger partial charge in [0.15, 0.2) is 8.32 Å². The molecule has 1 amide bonds. The van der Waals surface area contributed by atoms with Gasteiger partial charge in [-0.25, -0.2) is 4.79 Å². The Labute approximate surface area is 204 Å². The number of β-lactam (4-membered cyclic amide) rings is 1. The summed E-state index contributed by atoms with van der Waals surface area (Å²) in [5.74, 6) is -1.14. The number of fused-ring (bicyclic) bond motifs is 1. The van der Waals surface area contributed by atoms with Crippen LogP contribution < -0.4 is 0 Å². The Bertz CT molecular complexity index is 712. The van der Waals surface area contributed by atoms with Crippen molar-refractivity contribution in [1.29, 1.82) is 0 Å². The summed E-state index contributed by atoms with van der Waals surface area (Å²) in [7, 11) is 0.968. The zero-order valence-corrected chi connectivity index (χ0v) is 23.5. The lowest BCUT2D eigenvalue weighted by Gasteiger charge is -2.52. The molecule has 0 spiro atoms. The second-order valence-electron chi connectivity index (χ2n) is 8.48. The summed E-state index contributed by atoms with van der Waals surface area (Å²) in [6.45, 7) is 12.4. The molecule has 0 aromatic rings. The van der Waals surface area contributed by atoms with Crippen LogP contribution in [0.2, 0.25) is 18.1 Å². The van der Waals surface area contributed by atoms with Gasteiger partial charge in [-0.3, -0.25) is 9.69 Å². The van der Waals surface area contributed by atoms with Gasteiger partial charge in [0, 0.05) is 10.2 Å². The molecule has 2 heterocycles. The molecule has 3 atom stereocenters. The summed E-state index contributed by atoms with van der Waals surface area (Å²) in [5, 5.41) is 0.252. The van der Waals surface area contributed by atoms with Gasteiger partial charge in [-0.2, -0.15) is 0 Å². The number of hydrogen-bond acceptors (Lipinski definition) is 6. The SMILES string of the molecule is C[C@@H](O[Si](C)(C)C(C)(C)C)[C@H]1C(=O)N2C(C(=O)OCC(Cl)(Cl)Cl)=C(CBr)SS[C@H]12. The molecule has 0 radical (unpaired) electrons. The van der Waals surface area contributed by atoms with E-state index in [0.717, 1.165) is 0 Å². The van der Waals surface area contributed by atoms with Gasteiger partial charge in [0.1, 0.15) is 17.7 Å². The normalized spacial score (nSPS) is 24.2. The summed E-state index contributed by atoms with van der Waals surface area (Å²) < 4.78 is 9.87. The molecule has 0 aliphatic carbocycles. The van der Waals surface area contributed by atoms with E-state index in [2.05, 4.69) is 49.8 Å². The highest BCUT2D eigenvalue weighted by Crippen LogP contribution is 2.54. The van der Waals surface area contributed by atoms with Crippen molar-refractivity contribution >= 4 is 92.5 Å². The van der Waals surface area contributed by atoms with E-state index in [1.807, 2.05) is 6.92 Å². The summed E-state index contributed by atoms with van der Waals surface area (Å²) in [4.78, 5) is 27.9. The quantitative estimate of drug-likeness (QED) is 0.124. The highest BCUT2D eigenvalue weighted by atomic mass is 79.9. The van der Waals surface area contributed by atoms with E-state index in [9.17, 15) is 9.59 Å². The van der Waals surface area contributed by atoms with Crippen LogP contribution >= 0.6 is 72.3 Å². The molecular weight excluding hydrogens is 561 g/mol. The first kappa shape index (κ1) is 26.2. The summed E-state index contributed by atoms with van der Waals surface area (Å²) in [6.07, 6.45) is -0.248. The minimum Gasteiger partial charge on any atom is -0.456 e. The zero-order chi connectivity index (χ0) is 22.4. The van der Waals surface area contributed by atoms with Gasteiger partial charge in [-0.15, -0.1) is 0 Å². The number of alkyl halides is 4. The molecule has 0 aromatic heterocycles. The summed E-state index contributed by atoms with van der Waals surface area (Å²) in [5.41, 5.74) is 0.214. The lowest BCUT2D eigenvalue weighted by Crippen LogP contribution is -2.65. The number of carbonyl (C=O) groups is 2. The third-order valence-electron chi connectivity index (χ3n) is 5.31. The Kier molecular flexibility index (Phi) is 8.49. The number of amides is 1. The molecule has 2 aliphatic heterocycles. The van der Waals surface area contributed by atoms with E-state index in [1.165, 1.54) is 15.7 Å². The monoisotopic (exact) mass is 583 g/mol. The molecule has 0 unspecified atom stereocenters. The molecule has 0 saturated carbocycles. The van der Waals surface area contributed by atoms with Gasteiger partial charge < -0.3 is 9.16 Å². The number of rotatable bonds is 6. The molecule has 12 heteroatoms. The van der Waals surface area contributed by atoms with Gasteiger partial charge in [0.25, 0.3) is 0 Å². The maximum absolute atomic E-state index is 13.1. The highest BCUT2D eigenvalue weighted by Gasteiger charge is 2.57. The Hall–Kier alpha value is 0.907. The fourth-order valence-electron chi connectivity index (χ4n) is 2.77. The van der Waals surface area contributed by atoms with Crippen molar-refractivity contribution in [3.05, 3.63) is 10.6 Å². The lowest BCUT2D eigenvalue weighted by molar-refractivity contribution is -0.158. The van der Waals surface area contributed by atoms with Crippen molar-refractivity contribution in [2.45, 2.75) is 61.1 Å². The van der Waals surface area contributed by atoms with Crippen LogP contribution in [0.3, 0.4) is 0 Å². The minimum absolute atomic E-state index is 0.0391. The van der Waals surface area contributed by atoms with E-state index >= 15 is 0 Å². The Morgan fingerprint density at radius 2 is 1.90 bits per heavy atom. The van der Waals surface area contributed by atoms with Crippen molar-refractivity contribution in [2.24, 2.45) is 5.92 Å². The first-order chi connectivity index (χ1) is 13.1. The number of allylic oxidation sites excluding steroid dienone is 1. The fourth-order valence-corrected chi connectivity index (χ4v) is 8.37. The smallest absolute Gasteiger partial charge is 0.356 e. The van der Waals surface area contributed by atoms with Crippen LogP contribution in [-0.2, 0) is 18.8 Å². The summed E-state index contributed by atoms with van der Waals surface area (Å²) in [6, 6.07) is 0. The van der Waals surface area contributed by atoms with E-state index in [-0.39, 0.29) is 34.0 Å². The number of ether oxygens (including phenoxy) is 1.